The Kier molecular flexibility index (Phi) is 5.46. The van der Waals surface area contributed by atoms with Gasteiger partial charge in [0.25, 0.3) is 0 Å². The third-order valence-electron chi connectivity index (χ3n) is 4.67. The van der Waals surface area contributed by atoms with E-state index < -0.39 is 9.84 Å². The number of para-hydroxylation sites is 1. The highest BCUT2D eigenvalue weighted by molar-refractivity contribution is 7.91. The molecule has 0 bridgehead atoms. The monoisotopic (exact) mass is 374 g/mol. The molecule has 26 heavy (non-hydrogen) atoms. The SMILES string of the molecule is CCc1cccc(CC)c1Nc1nc(C)cc(NC2CCS(=O)(=O)C2)n1. The van der Waals surface area contributed by atoms with E-state index in [-0.39, 0.29) is 17.5 Å². The van der Waals surface area contributed by atoms with Gasteiger partial charge in [-0.3, -0.25) is 0 Å². The summed E-state index contributed by atoms with van der Waals surface area (Å²) in [5.74, 6) is 1.60. The standard InChI is InChI=1S/C19H26N4O2S/c1-4-14-7-6-8-15(5-2)18(14)23-19-20-13(3)11-17(22-19)21-16-9-10-26(24,25)12-16/h6-8,11,16H,4-5,9-10,12H2,1-3H3,(H2,20,21,22,23). The Morgan fingerprint density at radius 1 is 1.15 bits per heavy atom. The third-order valence-corrected chi connectivity index (χ3v) is 6.44. The summed E-state index contributed by atoms with van der Waals surface area (Å²) >= 11 is 0. The number of nitrogens with one attached hydrogen (secondary N) is 2. The predicted molar refractivity (Wildman–Crippen MR) is 106 cm³/mol. The Hall–Kier alpha value is -2.15. The van der Waals surface area contributed by atoms with Crippen LogP contribution in [0.3, 0.4) is 0 Å². The van der Waals surface area contributed by atoms with Crippen LogP contribution in [0.2, 0.25) is 0 Å². The van der Waals surface area contributed by atoms with Gasteiger partial charge in [0.05, 0.1) is 11.5 Å². The van der Waals surface area contributed by atoms with E-state index in [1.54, 1.807) is 0 Å². The molecule has 1 atom stereocenters. The lowest BCUT2D eigenvalue weighted by molar-refractivity contribution is 0.602. The number of aryl methyl sites for hydroxylation is 3. The van der Waals surface area contributed by atoms with Crippen LogP contribution in [0.25, 0.3) is 0 Å². The van der Waals surface area contributed by atoms with Crippen molar-refractivity contribution in [2.45, 2.75) is 46.1 Å². The molecule has 2 heterocycles. The Labute approximate surface area is 155 Å². The number of sulfone groups is 1. The Morgan fingerprint density at radius 3 is 2.42 bits per heavy atom. The van der Waals surface area contributed by atoms with Crippen molar-refractivity contribution >= 4 is 27.3 Å². The number of benzene rings is 1. The first kappa shape index (κ1) is 18.6. The summed E-state index contributed by atoms with van der Waals surface area (Å²) in [6.45, 7) is 6.17. The number of rotatable bonds is 6. The van der Waals surface area contributed by atoms with Crippen molar-refractivity contribution in [2.75, 3.05) is 22.1 Å². The number of anilines is 3. The third kappa shape index (κ3) is 4.33. The second-order valence-corrected chi connectivity index (χ2v) is 8.97. The normalized spacial score (nSPS) is 18.7. The first-order chi connectivity index (χ1) is 12.4. The average Bonchev–Trinajstić information content (AvgIpc) is 2.93. The fourth-order valence-electron chi connectivity index (χ4n) is 3.33. The summed E-state index contributed by atoms with van der Waals surface area (Å²) < 4.78 is 23.3. The van der Waals surface area contributed by atoms with E-state index in [1.807, 2.05) is 13.0 Å². The highest BCUT2D eigenvalue weighted by Gasteiger charge is 2.28. The summed E-state index contributed by atoms with van der Waals surface area (Å²) in [6.07, 6.45) is 2.47. The summed E-state index contributed by atoms with van der Waals surface area (Å²) in [5.41, 5.74) is 4.35. The van der Waals surface area contributed by atoms with E-state index in [0.29, 0.717) is 18.2 Å². The zero-order chi connectivity index (χ0) is 18.7. The second-order valence-electron chi connectivity index (χ2n) is 6.75. The molecule has 3 rings (SSSR count). The van der Waals surface area contributed by atoms with Gasteiger partial charge in [-0.2, -0.15) is 4.98 Å². The lowest BCUT2D eigenvalue weighted by Gasteiger charge is -2.16. The van der Waals surface area contributed by atoms with Crippen molar-refractivity contribution in [3.63, 3.8) is 0 Å². The second kappa shape index (κ2) is 7.61. The molecule has 0 amide bonds. The van der Waals surface area contributed by atoms with E-state index in [4.69, 9.17) is 0 Å². The molecule has 0 saturated carbocycles. The Balaban J connectivity index is 1.85. The Bertz CT molecular complexity index is 874. The quantitative estimate of drug-likeness (QED) is 0.807. The molecule has 1 aromatic heterocycles. The van der Waals surface area contributed by atoms with Gasteiger partial charge < -0.3 is 10.6 Å². The molecule has 0 spiro atoms. The summed E-state index contributed by atoms with van der Waals surface area (Å²) in [5, 5.41) is 6.64. The van der Waals surface area contributed by atoms with E-state index in [0.717, 1.165) is 24.2 Å². The molecule has 1 aliphatic rings. The van der Waals surface area contributed by atoms with Crippen LogP contribution in [0.5, 0.6) is 0 Å². The summed E-state index contributed by atoms with van der Waals surface area (Å²) in [6, 6.07) is 8.06. The predicted octanol–water partition coefficient (Wildman–Crippen LogP) is 3.25. The maximum absolute atomic E-state index is 11.7. The molecule has 140 valence electrons. The first-order valence-electron chi connectivity index (χ1n) is 9.10. The van der Waals surface area contributed by atoms with Gasteiger partial charge in [0.1, 0.15) is 5.82 Å². The number of aromatic nitrogens is 2. The van der Waals surface area contributed by atoms with Gasteiger partial charge in [0.15, 0.2) is 9.84 Å². The minimum atomic E-state index is -2.92. The molecule has 1 unspecified atom stereocenters. The molecule has 1 aliphatic heterocycles. The lowest BCUT2D eigenvalue weighted by atomic mass is 10.0. The largest absolute Gasteiger partial charge is 0.366 e. The van der Waals surface area contributed by atoms with Crippen LogP contribution < -0.4 is 10.6 Å². The van der Waals surface area contributed by atoms with Gasteiger partial charge in [0, 0.05) is 23.5 Å². The van der Waals surface area contributed by atoms with Gasteiger partial charge >= 0.3 is 0 Å². The van der Waals surface area contributed by atoms with Crippen LogP contribution in [0.15, 0.2) is 24.3 Å². The zero-order valence-corrected chi connectivity index (χ0v) is 16.4. The van der Waals surface area contributed by atoms with Crippen LogP contribution in [-0.4, -0.2) is 35.9 Å². The minimum absolute atomic E-state index is 0.0868. The summed E-state index contributed by atoms with van der Waals surface area (Å²) in [7, 11) is -2.92. The highest BCUT2D eigenvalue weighted by atomic mass is 32.2. The van der Waals surface area contributed by atoms with Crippen molar-refractivity contribution in [1.82, 2.24) is 9.97 Å². The van der Waals surface area contributed by atoms with E-state index in [1.165, 1.54) is 11.1 Å². The van der Waals surface area contributed by atoms with Crippen molar-refractivity contribution < 1.29 is 8.42 Å². The van der Waals surface area contributed by atoms with Crippen LogP contribution in [0, 0.1) is 6.92 Å². The average molecular weight is 375 g/mol. The molecule has 0 aliphatic carbocycles. The van der Waals surface area contributed by atoms with E-state index in [9.17, 15) is 8.42 Å². The number of hydrogen-bond donors (Lipinski definition) is 2. The van der Waals surface area contributed by atoms with E-state index in [2.05, 4.69) is 52.6 Å². The molecule has 0 radical (unpaired) electrons. The van der Waals surface area contributed by atoms with Crippen LogP contribution >= 0.6 is 0 Å². The van der Waals surface area contributed by atoms with Gasteiger partial charge in [-0.15, -0.1) is 0 Å². The highest BCUT2D eigenvalue weighted by Crippen LogP contribution is 2.26. The van der Waals surface area contributed by atoms with Crippen LogP contribution in [0.1, 0.15) is 37.1 Å². The molecule has 1 fully saturated rings. The van der Waals surface area contributed by atoms with Crippen molar-refractivity contribution in [1.29, 1.82) is 0 Å². The molecule has 1 saturated heterocycles. The van der Waals surface area contributed by atoms with Crippen LogP contribution in [0.4, 0.5) is 17.5 Å². The molecule has 2 N–H and O–H groups in total. The van der Waals surface area contributed by atoms with Crippen molar-refractivity contribution in [3.05, 3.63) is 41.1 Å². The molecule has 1 aromatic carbocycles. The maximum Gasteiger partial charge on any atom is 0.229 e. The maximum atomic E-state index is 11.7. The van der Waals surface area contributed by atoms with Gasteiger partial charge in [-0.25, -0.2) is 13.4 Å². The number of hydrogen-bond acceptors (Lipinski definition) is 6. The molecule has 2 aromatic rings. The fourth-order valence-corrected chi connectivity index (χ4v) is 5.00. The van der Waals surface area contributed by atoms with Crippen molar-refractivity contribution in [2.24, 2.45) is 0 Å². The molecule has 7 heteroatoms. The molecule has 6 nitrogen and oxygen atoms in total. The lowest BCUT2D eigenvalue weighted by Crippen LogP contribution is -2.21. The topological polar surface area (TPSA) is 84.0 Å². The zero-order valence-electron chi connectivity index (χ0n) is 15.5. The first-order valence-corrected chi connectivity index (χ1v) is 10.9. The fraction of sp³-hybridized carbons (Fsp3) is 0.474. The van der Waals surface area contributed by atoms with Gasteiger partial charge in [-0.05, 0) is 37.3 Å². The number of nitrogens with zero attached hydrogens (tertiary/aromatic N) is 2. The van der Waals surface area contributed by atoms with Crippen molar-refractivity contribution in [3.8, 4) is 0 Å². The van der Waals surface area contributed by atoms with Crippen LogP contribution in [-0.2, 0) is 22.7 Å². The van der Waals surface area contributed by atoms with E-state index >= 15 is 0 Å². The summed E-state index contributed by atoms with van der Waals surface area (Å²) in [4.78, 5) is 9.07. The van der Waals surface area contributed by atoms with Gasteiger partial charge in [-0.1, -0.05) is 32.0 Å². The minimum Gasteiger partial charge on any atom is -0.366 e. The molecular weight excluding hydrogens is 348 g/mol. The molecular formula is C19H26N4O2S. The smallest absolute Gasteiger partial charge is 0.229 e. The van der Waals surface area contributed by atoms with Gasteiger partial charge in [0.2, 0.25) is 5.95 Å². The Morgan fingerprint density at radius 2 is 1.85 bits per heavy atom.